The fourth-order valence-corrected chi connectivity index (χ4v) is 1.54. The molecule has 0 bridgehead atoms. The van der Waals surface area contributed by atoms with E-state index in [9.17, 15) is 4.39 Å². The number of halogens is 1. The van der Waals surface area contributed by atoms with E-state index >= 15 is 0 Å². The minimum atomic E-state index is -0.281. The van der Waals surface area contributed by atoms with Crippen LogP contribution in [0.1, 0.15) is 11.3 Å². The standard InChI is InChI=1S/C13H11FO/c1-3-10-11(5-4-6-12(10)14)13-8-7-9(2)15-13/h3-8H,1H2,2H3. The van der Waals surface area contributed by atoms with Gasteiger partial charge in [0.2, 0.25) is 0 Å². The third-order valence-electron chi connectivity index (χ3n) is 2.26. The quantitative estimate of drug-likeness (QED) is 0.716. The molecule has 0 atom stereocenters. The number of furan rings is 1. The van der Waals surface area contributed by atoms with Gasteiger partial charge in [-0.3, -0.25) is 0 Å². The van der Waals surface area contributed by atoms with Gasteiger partial charge in [0.15, 0.2) is 0 Å². The molecular weight excluding hydrogens is 191 g/mol. The lowest BCUT2D eigenvalue weighted by Crippen LogP contribution is -1.86. The van der Waals surface area contributed by atoms with E-state index in [0.717, 1.165) is 11.3 Å². The third kappa shape index (κ3) is 1.71. The van der Waals surface area contributed by atoms with E-state index in [0.29, 0.717) is 11.3 Å². The van der Waals surface area contributed by atoms with Crippen LogP contribution in [0, 0.1) is 12.7 Å². The summed E-state index contributed by atoms with van der Waals surface area (Å²) in [5.74, 6) is 1.20. The Morgan fingerprint density at radius 2 is 2.07 bits per heavy atom. The van der Waals surface area contributed by atoms with E-state index in [1.807, 2.05) is 25.1 Å². The van der Waals surface area contributed by atoms with Gasteiger partial charge in [0.1, 0.15) is 17.3 Å². The van der Waals surface area contributed by atoms with Gasteiger partial charge in [0.25, 0.3) is 0 Å². The zero-order valence-corrected chi connectivity index (χ0v) is 8.46. The van der Waals surface area contributed by atoms with Crippen LogP contribution in [0.3, 0.4) is 0 Å². The molecule has 0 aliphatic carbocycles. The maximum Gasteiger partial charge on any atom is 0.134 e. The predicted molar refractivity (Wildman–Crippen MR) is 58.9 cm³/mol. The van der Waals surface area contributed by atoms with E-state index in [4.69, 9.17) is 4.42 Å². The van der Waals surface area contributed by atoms with E-state index in [1.165, 1.54) is 12.1 Å². The molecule has 0 saturated carbocycles. The summed E-state index contributed by atoms with van der Waals surface area (Å²) in [6, 6.07) is 8.58. The highest BCUT2D eigenvalue weighted by Gasteiger charge is 2.09. The van der Waals surface area contributed by atoms with Crippen LogP contribution in [0.4, 0.5) is 4.39 Å². The van der Waals surface area contributed by atoms with Crippen molar-refractivity contribution >= 4 is 6.08 Å². The van der Waals surface area contributed by atoms with Crippen molar-refractivity contribution in [1.29, 1.82) is 0 Å². The van der Waals surface area contributed by atoms with Crippen molar-refractivity contribution < 1.29 is 8.81 Å². The Morgan fingerprint density at radius 3 is 2.67 bits per heavy atom. The highest BCUT2D eigenvalue weighted by Crippen LogP contribution is 2.27. The normalized spacial score (nSPS) is 10.3. The summed E-state index contributed by atoms with van der Waals surface area (Å²) in [7, 11) is 0. The molecule has 0 N–H and O–H groups in total. The van der Waals surface area contributed by atoms with Gasteiger partial charge in [-0.1, -0.05) is 24.8 Å². The topological polar surface area (TPSA) is 13.1 Å². The lowest BCUT2D eigenvalue weighted by molar-refractivity contribution is 0.547. The van der Waals surface area contributed by atoms with Gasteiger partial charge in [-0.15, -0.1) is 0 Å². The molecular formula is C13H11FO. The second kappa shape index (κ2) is 3.73. The summed E-state index contributed by atoms with van der Waals surface area (Å²) in [5, 5.41) is 0. The minimum absolute atomic E-state index is 0.281. The molecule has 1 aromatic carbocycles. The molecule has 1 aromatic heterocycles. The lowest BCUT2D eigenvalue weighted by Gasteiger charge is -2.03. The van der Waals surface area contributed by atoms with Crippen LogP contribution in [-0.2, 0) is 0 Å². The van der Waals surface area contributed by atoms with Crippen molar-refractivity contribution in [2.75, 3.05) is 0 Å². The van der Waals surface area contributed by atoms with Crippen molar-refractivity contribution in [2.24, 2.45) is 0 Å². The SMILES string of the molecule is C=Cc1c(F)cccc1-c1ccc(C)o1. The van der Waals surface area contributed by atoms with E-state index in [1.54, 1.807) is 6.07 Å². The van der Waals surface area contributed by atoms with E-state index < -0.39 is 0 Å². The molecule has 2 heteroatoms. The van der Waals surface area contributed by atoms with Gasteiger partial charge < -0.3 is 4.42 Å². The van der Waals surface area contributed by atoms with Gasteiger partial charge in [0, 0.05) is 11.1 Å². The van der Waals surface area contributed by atoms with Gasteiger partial charge in [-0.05, 0) is 25.1 Å². The van der Waals surface area contributed by atoms with Crippen LogP contribution in [0.25, 0.3) is 17.4 Å². The molecule has 0 saturated heterocycles. The van der Waals surface area contributed by atoms with Crippen molar-refractivity contribution in [3.05, 3.63) is 54.1 Å². The first kappa shape index (κ1) is 9.71. The molecule has 0 aliphatic heterocycles. The van der Waals surface area contributed by atoms with Gasteiger partial charge in [-0.25, -0.2) is 4.39 Å². The molecule has 0 spiro atoms. The third-order valence-corrected chi connectivity index (χ3v) is 2.26. The Kier molecular flexibility index (Phi) is 2.42. The van der Waals surface area contributed by atoms with Gasteiger partial charge in [-0.2, -0.15) is 0 Å². The van der Waals surface area contributed by atoms with E-state index in [-0.39, 0.29) is 5.82 Å². The van der Waals surface area contributed by atoms with Crippen molar-refractivity contribution in [3.63, 3.8) is 0 Å². The van der Waals surface area contributed by atoms with Gasteiger partial charge in [0.05, 0.1) is 0 Å². The molecule has 1 nitrogen and oxygen atoms in total. The van der Waals surface area contributed by atoms with Gasteiger partial charge >= 0.3 is 0 Å². The largest absolute Gasteiger partial charge is 0.461 e. The predicted octanol–water partition coefficient (Wildman–Crippen LogP) is 4.04. The van der Waals surface area contributed by atoms with Crippen LogP contribution in [0.2, 0.25) is 0 Å². The van der Waals surface area contributed by atoms with Crippen LogP contribution in [-0.4, -0.2) is 0 Å². The molecule has 2 rings (SSSR count). The average Bonchev–Trinajstić information content (AvgIpc) is 2.64. The molecule has 76 valence electrons. The summed E-state index contributed by atoms with van der Waals surface area (Å²) in [6.07, 6.45) is 1.50. The average molecular weight is 202 g/mol. The van der Waals surface area contributed by atoms with Crippen molar-refractivity contribution in [1.82, 2.24) is 0 Å². The maximum atomic E-state index is 13.4. The molecule has 0 aliphatic rings. The summed E-state index contributed by atoms with van der Waals surface area (Å²) in [6.45, 7) is 5.46. The van der Waals surface area contributed by atoms with Crippen LogP contribution >= 0.6 is 0 Å². The molecule has 0 amide bonds. The zero-order chi connectivity index (χ0) is 10.8. The minimum Gasteiger partial charge on any atom is -0.461 e. The summed E-state index contributed by atoms with van der Waals surface area (Å²) >= 11 is 0. The van der Waals surface area contributed by atoms with Crippen molar-refractivity contribution in [2.45, 2.75) is 6.92 Å². The Labute approximate surface area is 87.9 Å². The van der Waals surface area contributed by atoms with E-state index in [2.05, 4.69) is 6.58 Å². The summed E-state index contributed by atoms with van der Waals surface area (Å²) in [5.41, 5.74) is 1.21. The number of rotatable bonds is 2. The second-order valence-corrected chi connectivity index (χ2v) is 3.32. The molecule has 0 fully saturated rings. The smallest absolute Gasteiger partial charge is 0.134 e. The maximum absolute atomic E-state index is 13.4. The number of hydrogen-bond acceptors (Lipinski definition) is 1. The zero-order valence-electron chi connectivity index (χ0n) is 8.46. The first-order valence-corrected chi connectivity index (χ1v) is 4.70. The molecule has 15 heavy (non-hydrogen) atoms. The molecule has 0 unspecified atom stereocenters. The first-order valence-electron chi connectivity index (χ1n) is 4.70. The van der Waals surface area contributed by atoms with Crippen LogP contribution in [0.15, 0.2) is 41.3 Å². The lowest BCUT2D eigenvalue weighted by atomic mass is 10.0. The summed E-state index contributed by atoms with van der Waals surface area (Å²) < 4.78 is 18.9. The Bertz CT molecular complexity index is 497. The molecule has 1 heterocycles. The fourth-order valence-electron chi connectivity index (χ4n) is 1.54. The van der Waals surface area contributed by atoms with Crippen molar-refractivity contribution in [3.8, 4) is 11.3 Å². The monoisotopic (exact) mass is 202 g/mol. The highest BCUT2D eigenvalue weighted by molar-refractivity contribution is 5.71. The Morgan fingerprint density at radius 1 is 1.27 bits per heavy atom. The number of benzene rings is 1. The fraction of sp³-hybridized carbons (Fsp3) is 0.0769. The molecule has 2 aromatic rings. The Hall–Kier alpha value is -1.83. The van der Waals surface area contributed by atoms with Crippen LogP contribution < -0.4 is 0 Å². The van der Waals surface area contributed by atoms with Crippen LogP contribution in [0.5, 0.6) is 0 Å². The first-order chi connectivity index (χ1) is 7.22. The number of hydrogen-bond donors (Lipinski definition) is 0. The Balaban J connectivity index is 2.62. The molecule has 0 radical (unpaired) electrons. The summed E-state index contributed by atoms with van der Waals surface area (Å²) in [4.78, 5) is 0. The number of aryl methyl sites for hydroxylation is 1. The highest BCUT2D eigenvalue weighted by atomic mass is 19.1. The second-order valence-electron chi connectivity index (χ2n) is 3.32.